The summed E-state index contributed by atoms with van der Waals surface area (Å²) in [6.07, 6.45) is 0.885. The van der Waals surface area contributed by atoms with Gasteiger partial charge in [0.2, 0.25) is 15.9 Å². The van der Waals surface area contributed by atoms with E-state index in [4.69, 9.17) is 37.4 Å². The van der Waals surface area contributed by atoms with Gasteiger partial charge in [0.05, 0.1) is 25.5 Å². The van der Waals surface area contributed by atoms with Crippen molar-refractivity contribution in [2.24, 2.45) is 0 Å². The summed E-state index contributed by atoms with van der Waals surface area (Å²) in [4.78, 5) is 11.6. The maximum Gasteiger partial charge on any atom is 0.420 e. The number of benzene rings is 1. The molecule has 0 saturated carbocycles. The van der Waals surface area contributed by atoms with Gasteiger partial charge >= 0.3 is 6.09 Å². The summed E-state index contributed by atoms with van der Waals surface area (Å²) in [6.45, 7) is 2.97. The second-order valence-corrected chi connectivity index (χ2v) is 9.55. The van der Waals surface area contributed by atoms with E-state index in [1.165, 1.54) is 7.11 Å². The van der Waals surface area contributed by atoms with Crippen molar-refractivity contribution in [3.05, 3.63) is 45.6 Å². The standard InChI is InChI=1S/C20H27Cl2N3O6S/c1-3-4-8-30-19-13-17(7-11-32(27,28)24-20(26)31-10-9-29-2)25(23-19)14-15-5-6-16(21)12-18(15)22/h5-6,12-13H,3-4,7-11,14H2,1-2H3,(H,24,26). The van der Waals surface area contributed by atoms with E-state index in [9.17, 15) is 13.2 Å². The van der Waals surface area contributed by atoms with Crippen molar-refractivity contribution in [2.45, 2.75) is 32.7 Å². The van der Waals surface area contributed by atoms with Gasteiger partial charge in [-0.15, -0.1) is 5.10 Å². The Kier molecular flexibility index (Phi) is 10.6. The molecule has 178 valence electrons. The van der Waals surface area contributed by atoms with Crippen molar-refractivity contribution >= 4 is 39.3 Å². The van der Waals surface area contributed by atoms with Gasteiger partial charge < -0.3 is 14.2 Å². The molecule has 2 aromatic rings. The highest BCUT2D eigenvalue weighted by molar-refractivity contribution is 7.90. The summed E-state index contributed by atoms with van der Waals surface area (Å²) in [7, 11) is -2.48. The second-order valence-electron chi connectivity index (χ2n) is 6.87. The molecule has 1 aromatic heterocycles. The van der Waals surface area contributed by atoms with E-state index in [1.54, 1.807) is 28.9 Å². The number of carbonyl (C=O) groups excluding carboxylic acids is 1. The Balaban J connectivity index is 2.11. The quantitative estimate of drug-likeness (QED) is 0.412. The van der Waals surface area contributed by atoms with Gasteiger partial charge in [0, 0.05) is 35.3 Å². The second kappa shape index (κ2) is 12.9. The van der Waals surface area contributed by atoms with Crippen molar-refractivity contribution < 1.29 is 27.4 Å². The fourth-order valence-electron chi connectivity index (χ4n) is 2.63. The molecule has 0 saturated heterocycles. The van der Waals surface area contributed by atoms with Crippen molar-refractivity contribution in [1.29, 1.82) is 0 Å². The summed E-state index contributed by atoms with van der Waals surface area (Å²) in [5.74, 6) is 0.0451. The minimum atomic E-state index is -3.92. The predicted molar refractivity (Wildman–Crippen MR) is 122 cm³/mol. The molecular formula is C20H27Cl2N3O6S. The number of halogens is 2. The maximum absolute atomic E-state index is 12.3. The molecule has 0 fully saturated rings. The Morgan fingerprint density at radius 3 is 2.66 bits per heavy atom. The van der Waals surface area contributed by atoms with Crippen LogP contribution in [0.15, 0.2) is 24.3 Å². The lowest BCUT2D eigenvalue weighted by molar-refractivity contribution is 0.102. The van der Waals surface area contributed by atoms with E-state index in [-0.39, 0.29) is 25.4 Å². The third-order valence-corrected chi connectivity index (χ3v) is 6.12. The third-order valence-electron chi connectivity index (χ3n) is 4.31. The van der Waals surface area contributed by atoms with E-state index in [0.717, 1.165) is 18.4 Å². The first-order valence-corrected chi connectivity index (χ1v) is 12.4. The number of amides is 1. The van der Waals surface area contributed by atoms with Crippen LogP contribution in [0.3, 0.4) is 0 Å². The van der Waals surface area contributed by atoms with Crippen molar-refractivity contribution in [1.82, 2.24) is 14.5 Å². The topological polar surface area (TPSA) is 109 Å². The van der Waals surface area contributed by atoms with Crippen LogP contribution in [0.1, 0.15) is 31.0 Å². The van der Waals surface area contributed by atoms with Gasteiger partial charge in [0.25, 0.3) is 0 Å². The van der Waals surface area contributed by atoms with E-state index < -0.39 is 16.1 Å². The SMILES string of the molecule is CCCCOc1cc(CCS(=O)(=O)NC(=O)OCCOC)n(Cc2ccc(Cl)cc2Cl)n1. The molecule has 0 atom stereocenters. The number of aryl methyl sites for hydroxylation is 1. The zero-order chi connectivity index (χ0) is 23.6. The lowest BCUT2D eigenvalue weighted by Gasteiger charge is -2.10. The molecule has 2 rings (SSSR count). The Hall–Kier alpha value is -2.01. The summed E-state index contributed by atoms with van der Waals surface area (Å²) in [5, 5.41) is 5.42. The zero-order valence-corrected chi connectivity index (χ0v) is 20.3. The first kappa shape index (κ1) is 26.2. The van der Waals surface area contributed by atoms with Crippen molar-refractivity contribution in [3.63, 3.8) is 0 Å². The molecule has 32 heavy (non-hydrogen) atoms. The van der Waals surface area contributed by atoms with Gasteiger partial charge in [-0.25, -0.2) is 17.9 Å². The van der Waals surface area contributed by atoms with E-state index in [1.807, 2.05) is 11.6 Å². The number of unbranched alkanes of at least 4 members (excludes halogenated alkanes) is 1. The number of nitrogens with one attached hydrogen (secondary N) is 1. The van der Waals surface area contributed by atoms with Crippen LogP contribution in [0.2, 0.25) is 10.0 Å². The predicted octanol–water partition coefficient (Wildman–Crippen LogP) is 3.66. The number of aromatic nitrogens is 2. The largest absolute Gasteiger partial charge is 0.477 e. The molecule has 12 heteroatoms. The van der Waals surface area contributed by atoms with Crippen LogP contribution in [0.25, 0.3) is 0 Å². The molecule has 0 spiro atoms. The molecule has 0 aliphatic rings. The average molecular weight is 508 g/mol. The number of hydrogen-bond donors (Lipinski definition) is 1. The van der Waals surface area contributed by atoms with E-state index >= 15 is 0 Å². The summed E-state index contributed by atoms with van der Waals surface area (Å²) in [6, 6.07) is 6.81. The minimum Gasteiger partial charge on any atom is -0.477 e. The summed E-state index contributed by atoms with van der Waals surface area (Å²) < 4.78 is 43.2. The number of carbonyl (C=O) groups is 1. The third kappa shape index (κ3) is 8.85. The van der Waals surface area contributed by atoms with Crippen LogP contribution in [0.5, 0.6) is 5.88 Å². The Morgan fingerprint density at radius 1 is 1.19 bits per heavy atom. The molecule has 0 radical (unpaired) electrons. The van der Waals surface area contributed by atoms with Crippen LogP contribution in [0.4, 0.5) is 4.79 Å². The van der Waals surface area contributed by atoms with Gasteiger partial charge in [-0.3, -0.25) is 4.68 Å². The number of sulfonamides is 1. The number of rotatable bonds is 13. The Labute approximate surface area is 198 Å². The highest BCUT2D eigenvalue weighted by Gasteiger charge is 2.19. The highest BCUT2D eigenvalue weighted by atomic mass is 35.5. The molecule has 0 aliphatic carbocycles. The highest BCUT2D eigenvalue weighted by Crippen LogP contribution is 2.23. The average Bonchev–Trinajstić information content (AvgIpc) is 3.10. The van der Waals surface area contributed by atoms with Gasteiger partial charge in [-0.2, -0.15) is 0 Å². The lowest BCUT2D eigenvalue weighted by Crippen LogP contribution is -2.34. The molecule has 1 N–H and O–H groups in total. The first-order valence-electron chi connectivity index (χ1n) is 10.0. The van der Waals surface area contributed by atoms with Crippen LogP contribution >= 0.6 is 23.2 Å². The fraction of sp³-hybridized carbons (Fsp3) is 0.500. The summed E-state index contributed by atoms with van der Waals surface area (Å²) >= 11 is 12.2. The molecule has 9 nitrogen and oxygen atoms in total. The summed E-state index contributed by atoms with van der Waals surface area (Å²) in [5.41, 5.74) is 1.38. The smallest absolute Gasteiger partial charge is 0.420 e. The van der Waals surface area contributed by atoms with Gasteiger partial charge in [0.1, 0.15) is 6.61 Å². The molecule has 0 unspecified atom stereocenters. The van der Waals surface area contributed by atoms with Crippen LogP contribution < -0.4 is 9.46 Å². The van der Waals surface area contributed by atoms with Gasteiger partial charge in [0.15, 0.2) is 0 Å². The van der Waals surface area contributed by atoms with Crippen LogP contribution in [-0.2, 0) is 32.5 Å². The van der Waals surface area contributed by atoms with Crippen molar-refractivity contribution in [2.75, 3.05) is 32.7 Å². The van der Waals surface area contributed by atoms with E-state index in [2.05, 4.69) is 5.10 Å². The molecule has 1 aromatic carbocycles. The molecule has 1 amide bonds. The number of ether oxygens (including phenoxy) is 3. The number of nitrogens with zero attached hydrogens (tertiary/aromatic N) is 2. The molecular weight excluding hydrogens is 481 g/mol. The maximum atomic E-state index is 12.3. The van der Waals surface area contributed by atoms with Crippen molar-refractivity contribution in [3.8, 4) is 5.88 Å². The van der Waals surface area contributed by atoms with Gasteiger partial charge in [-0.05, 0) is 24.1 Å². The lowest BCUT2D eigenvalue weighted by atomic mass is 10.2. The molecule has 1 heterocycles. The van der Waals surface area contributed by atoms with Crippen LogP contribution in [-0.4, -0.2) is 57.0 Å². The zero-order valence-electron chi connectivity index (χ0n) is 18.0. The van der Waals surface area contributed by atoms with Crippen LogP contribution in [0, 0.1) is 0 Å². The number of hydrogen-bond acceptors (Lipinski definition) is 7. The molecule has 0 bridgehead atoms. The number of methoxy groups -OCH3 is 1. The monoisotopic (exact) mass is 507 g/mol. The first-order chi connectivity index (χ1) is 15.2. The van der Waals surface area contributed by atoms with Gasteiger partial charge in [-0.1, -0.05) is 42.6 Å². The minimum absolute atomic E-state index is 0.0507. The Bertz CT molecular complexity index is 997. The Morgan fingerprint density at radius 2 is 1.97 bits per heavy atom. The molecule has 0 aliphatic heterocycles. The normalized spacial score (nSPS) is 11.4. The fourth-order valence-corrected chi connectivity index (χ4v) is 4.00. The van der Waals surface area contributed by atoms with E-state index in [0.29, 0.717) is 34.8 Å².